The van der Waals surface area contributed by atoms with E-state index in [2.05, 4.69) is 5.32 Å². The first-order valence-corrected chi connectivity index (χ1v) is 11.7. The van der Waals surface area contributed by atoms with Crippen molar-refractivity contribution in [3.05, 3.63) is 41.1 Å². The van der Waals surface area contributed by atoms with Crippen molar-refractivity contribution < 1.29 is 69.3 Å². The molecule has 3 heterocycles. The Bertz CT molecular complexity index is 1270. The minimum atomic E-state index is -1.73. The largest absolute Gasteiger partial charge is 0.504 e. The summed E-state index contributed by atoms with van der Waals surface area (Å²) in [7, 11) is 0. The molecule has 7 atom stereocenters. The van der Waals surface area contributed by atoms with Crippen LogP contribution in [0.2, 0.25) is 0 Å². The van der Waals surface area contributed by atoms with Gasteiger partial charge in [0.25, 0.3) is 6.04 Å². The van der Waals surface area contributed by atoms with E-state index in [9.17, 15) is 55.2 Å². The Balaban J connectivity index is 1.66. The summed E-state index contributed by atoms with van der Waals surface area (Å²) < 4.78 is 12.1. The maximum absolute atomic E-state index is 12.0. The highest BCUT2D eigenvalue weighted by atomic mass is 16.7. The van der Waals surface area contributed by atoms with Crippen molar-refractivity contribution in [2.45, 2.75) is 55.6 Å². The predicted molar refractivity (Wildman–Crippen MR) is 127 cm³/mol. The second-order valence-electron chi connectivity index (χ2n) is 9.22. The summed E-state index contributed by atoms with van der Waals surface area (Å²) in [6, 6.07) is 0.177. The summed E-state index contributed by atoms with van der Waals surface area (Å²) in [5, 5.41) is 80.9. The Labute approximate surface area is 219 Å². The molecule has 210 valence electrons. The van der Waals surface area contributed by atoms with Crippen molar-refractivity contribution >= 4 is 29.8 Å². The van der Waals surface area contributed by atoms with E-state index >= 15 is 0 Å². The number of aliphatic hydroxyl groups is 4. The molecule has 1 aromatic carbocycles. The zero-order chi connectivity index (χ0) is 28.6. The molecular formula is C24H27N2O13+. The summed E-state index contributed by atoms with van der Waals surface area (Å²) in [4.78, 5) is 34.8. The van der Waals surface area contributed by atoms with E-state index in [0.29, 0.717) is 11.1 Å². The highest BCUT2D eigenvalue weighted by molar-refractivity contribution is 5.89. The number of hydrogen-bond donors (Lipinski definition) is 9. The molecule has 4 rings (SSSR count). The first-order chi connectivity index (χ1) is 18.4. The normalized spacial score (nSPS) is 32.3. The number of hydrogen-bond acceptors (Lipinski definition) is 11. The van der Waals surface area contributed by atoms with Crippen LogP contribution in [-0.4, -0.2) is 119 Å². The fourth-order valence-corrected chi connectivity index (χ4v) is 4.58. The first kappa shape index (κ1) is 28.0. The predicted octanol–water partition coefficient (Wildman–Crippen LogP) is -2.36. The number of carboxylic acids is 3. The van der Waals surface area contributed by atoms with Gasteiger partial charge in [-0.1, -0.05) is 0 Å². The SMILES string of the molecule is O=C(O)C1=C/C(=C/C=[N+]2c3cc(O)c(O[C@H]4O[C@H](CO)[C@@H](O)[C@H](O)[C@H]4O)cc3C[C@@H]2C(=O)O)CC(C(=O)O)N1. The molecule has 0 saturated carbocycles. The van der Waals surface area contributed by atoms with Gasteiger partial charge in [-0.25, -0.2) is 14.4 Å². The second kappa shape index (κ2) is 11.0. The van der Waals surface area contributed by atoms with Gasteiger partial charge >= 0.3 is 17.9 Å². The van der Waals surface area contributed by atoms with Crippen molar-refractivity contribution in [2.75, 3.05) is 6.61 Å². The van der Waals surface area contributed by atoms with Gasteiger partial charge in [-0.15, -0.1) is 0 Å². The highest BCUT2D eigenvalue weighted by Gasteiger charge is 2.46. The van der Waals surface area contributed by atoms with E-state index in [1.807, 2.05) is 0 Å². The standard InChI is InChI=1S/C24H26N2O13/c27-8-17-18(29)19(30)20(31)24(39-17)38-16-6-10-5-14(23(36)37)26(13(10)7-15(16)28)2-1-9-3-11(21(32)33)25-12(4-9)22(34)35/h1-3,6-7,12,14,17-20,24,27,29-31H,4-5,8H2,(H4,28,32,33,34,35,36,37)/p+1/t12?,14-,17-,18-,19+,20-,24+/m1/s1. The Morgan fingerprint density at radius 3 is 2.38 bits per heavy atom. The molecule has 3 aliphatic rings. The quantitative estimate of drug-likeness (QED) is 0.161. The van der Waals surface area contributed by atoms with Crippen LogP contribution in [-0.2, 0) is 25.5 Å². The van der Waals surface area contributed by atoms with Crippen LogP contribution in [0.5, 0.6) is 11.5 Å². The Hall–Kier alpha value is -4.02. The molecule has 1 fully saturated rings. The third-order valence-electron chi connectivity index (χ3n) is 6.64. The lowest BCUT2D eigenvalue weighted by Crippen LogP contribution is -2.60. The van der Waals surface area contributed by atoms with Gasteiger partial charge in [0.1, 0.15) is 36.2 Å². The molecule has 0 amide bonds. The van der Waals surface area contributed by atoms with E-state index in [-0.39, 0.29) is 30.0 Å². The van der Waals surface area contributed by atoms with Crippen molar-refractivity contribution in [3.8, 4) is 11.5 Å². The molecule has 0 bridgehead atoms. The van der Waals surface area contributed by atoms with Crippen LogP contribution >= 0.6 is 0 Å². The minimum absolute atomic E-state index is 0.0504. The number of ether oxygens (including phenoxy) is 2. The molecule has 15 nitrogen and oxygen atoms in total. The van der Waals surface area contributed by atoms with Gasteiger partial charge in [-0.05, 0) is 17.7 Å². The van der Waals surface area contributed by atoms with E-state index in [4.69, 9.17) is 9.47 Å². The molecule has 1 aromatic rings. The molecular weight excluding hydrogens is 524 g/mol. The number of rotatable bonds is 7. The Kier molecular flexibility index (Phi) is 7.89. The van der Waals surface area contributed by atoms with Crippen molar-refractivity contribution in [1.29, 1.82) is 0 Å². The van der Waals surface area contributed by atoms with Gasteiger partial charge in [0.05, 0.1) is 19.1 Å². The summed E-state index contributed by atoms with van der Waals surface area (Å²) in [6.07, 6.45) is -4.03. The Morgan fingerprint density at radius 2 is 1.77 bits per heavy atom. The van der Waals surface area contributed by atoms with Crippen LogP contribution in [0.3, 0.4) is 0 Å². The summed E-state index contributed by atoms with van der Waals surface area (Å²) >= 11 is 0. The molecule has 0 spiro atoms. The van der Waals surface area contributed by atoms with Gasteiger partial charge in [-0.2, -0.15) is 4.58 Å². The van der Waals surface area contributed by atoms with Gasteiger partial charge in [0.2, 0.25) is 12.0 Å². The molecule has 9 N–H and O–H groups in total. The number of benzene rings is 1. The molecule has 1 unspecified atom stereocenters. The average molecular weight is 551 g/mol. The number of nitrogens with one attached hydrogen (secondary N) is 1. The summed E-state index contributed by atoms with van der Waals surface area (Å²) in [5.74, 6) is -4.55. The third kappa shape index (κ3) is 5.57. The summed E-state index contributed by atoms with van der Waals surface area (Å²) in [5.41, 5.74) is 0.648. The number of aliphatic carboxylic acids is 3. The van der Waals surface area contributed by atoms with Crippen LogP contribution in [0.1, 0.15) is 12.0 Å². The zero-order valence-electron chi connectivity index (χ0n) is 20.1. The van der Waals surface area contributed by atoms with Crippen LogP contribution in [0.25, 0.3) is 0 Å². The van der Waals surface area contributed by atoms with Crippen LogP contribution in [0.15, 0.2) is 35.6 Å². The maximum Gasteiger partial charge on any atom is 0.373 e. The third-order valence-corrected chi connectivity index (χ3v) is 6.64. The number of phenols is 1. The maximum atomic E-state index is 12.0. The molecule has 39 heavy (non-hydrogen) atoms. The van der Waals surface area contributed by atoms with E-state index < -0.39 is 73.1 Å². The lowest BCUT2D eigenvalue weighted by molar-refractivity contribution is -0.456. The molecule has 0 radical (unpaired) electrons. The molecule has 3 aliphatic heterocycles. The number of aliphatic hydroxyl groups excluding tert-OH is 4. The van der Waals surface area contributed by atoms with E-state index in [1.54, 1.807) is 0 Å². The van der Waals surface area contributed by atoms with Crippen molar-refractivity contribution in [2.24, 2.45) is 0 Å². The smallest absolute Gasteiger partial charge is 0.373 e. The van der Waals surface area contributed by atoms with Gasteiger partial charge < -0.3 is 55.6 Å². The van der Waals surface area contributed by atoms with Crippen LogP contribution < -0.4 is 10.1 Å². The Morgan fingerprint density at radius 1 is 1.05 bits per heavy atom. The van der Waals surface area contributed by atoms with Crippen LogP contribution in [0.4, 0.5) is 5.69 Å². The number of carbonyl (C=O) groups is 3. The highest BCUT2D eigenvalue weighted by Crippen LogP contribution is 2.40. The van der Waals surface area contributed by atoms with Crippen molar-refractivity contribution in [1.82, 2.24) is 5.32 Å². The number of aromatic hydroxyl groups is 1. The van der Waals surface area contributed by atoms with Gasteiger partial charge in [-0.3, -0.25) is 0 Å². The number of allylic oxidation sites excluding steroid dienone is 2. The molecule has 1 saturated heterocycles. The topological polar surface area (TPSA) is 247 Å². The monoisotopic (exact) mass is 551 g/mol. The van der Waals surface area contributed by atoms with Crippen LogP contribution in [0, 0.1) is 0 Å². The lowest BCUT2D eigenvalue weighted by Gasteiger charge is -2.39. The number of nitrogens with zero attached hydrogens (tertiary/aromatic N) is 1. The van der Waals surface area contributed by atoms with E-state index in [1.165, 1.54) is 35.1 Å². The fraction of sp³-hybridized carbons (Fsp3) is 0.417. The molecule has 0 aromatic heterocycles. The van der Waals surface area contributed by atoms with Gasteiger partial charge in [0.15, 0.2) is 17.7 Å². The lowest BCUT2D eigenvalue weighted by atomic mass is 9.99. The summed E-state index contributed by atoms with van der Waals surface area (Å²) in [6.45, 7) is -0.687. The zero-order valence-corrected chi connectivity index (χ0v) is 20.1. The first-order valence-electron chi connectivity index (χ1n) is 11.7. The molecule has 0 aliphatic carbocycles. The minimum Gasteiger partial charge on any atom is -0.504 e. The number of carboxylic acid groups (broad SMARTS) is 3. The fourth-order valence-electron chi connectivity index (χ4n) is 4.58. The van der Waals surface area contributed by atoms with Crippen molar-refractivity contribution in [3.63, 3.8) is 0 Å². The average Bonchev–Trinajstić information content (AvgIpc) is 3.24. The molecule has 15 heteroatoms. The number of phenolic OH excluding ortho intramolecular Hbond substituents is 1. The van der Waals surface area contributed by atoms with Gasteiger partial charge in [0, 0.05) is 18.1 Å². The van der Waals surface area contributed by atoms with E-state index in [0.717, 1.165) is 0 Å². The number of fused-ring (bicyclic) bond motifs is 1. The second-order valence-corrected chi connectivity index (χ2v) is 9.22.